The molecule has 2 N–H and O–H groups in total. The fourth-order valence-corrected chi connectivity index (χ4v) is 3.00. The van der Waals surface area contributed by atoms with Crippen molar-refractivity contribution >= 4 is 10.0 Å². The molecule has 2 aromatic heterocycles. The number of sulfonamides is 1. The van der Waals surface area contributed by atoms with Crippen molar-refractivity contribution in [1.82, 2.24) is 14.3 Å². The molecule has 0 aliphatic carbocycles. The number of nitrogens with zero attached hydrogens (tertiary/aromatic N) is 2. The van der Waals surface area contributed by atoms with Gasteiger partial charge in [0.05, 0.1) is 24.2 Å². The van der Waals surface area contributed by atoms with E-state index < -0.39 is 10.0 Å². The number of aromatic nitrogens is 2. The fourth-order valence-electron chi connectivity index (χ4n) is 1.97. The molecule has 0 fully saturated rings. The second-order valence-electron chi connectivity index (χ2n) is 5.02. The third-order valence-electron chi connectivity index (χ3n) is 3.02. The van der Waals surface area contributed by atoms with Crippen LogP contribution in [-0.2, 0) is 23.2 Å². The van der Waals surface area contributed by atoms with Gasteiger partial charge in [-0.3, -0.25) is 0 Å². The van der Waals surface area contributed by atoms with Gasteiger partial charge in [0, 0.05) is 17.9 Å². The van der Waals surface area contributed by atoms with Crippen LogP contribution in [0, 0.1) is 6.92 Å². The smallest absolute Gasteiger partial charge is 0.242 e. The molecule has 0 radical (unpaired) electrons. The molecule has 116 valence electrons. The number of oxazole rings is 1. The number of aliphatic hydroxyl groups is 1. The summed E-state index contributed by atoms with van der Waals surface area (Å²) in [7, 11) is -3.68. The summed E-state index contributed by atoms with van der Waals surface area (Å²) >= 11 is 0. The predicted octanol–water partition coefficient (Wildman–Crippen LogP) is 1.34. The zero-order valence-corrected chi connectivity index (χ0v) is 13.0. The number of aliphatic hydroxyl groups excluding tert-OH is 1. The number of aryl methyl sites for hydroxylation is 1. The molecule has 0 aromatic carbocycles. The van der Waals surface area contributed by atoms with Crippen LogP contribution in [0.5, 0.6) is 0 Å². The molecule has 0 bridgehead atoms. The van der Waals surface area contributed by atoms with Gasteiger partial charge in [-0.2, -0.15) is 0 Å². The summed E-state index contributed by atoms with van der Waals surface area (Å²) in [4.78, 5) is 4.06. The van der Waals surface area contributed by atoms with Crippen LogP contribution in [0.3, 0.4) is 0 Å². The van der Waals surface area contributed by atoms with Crippen LogP contribution >= 0.6 is 0 Å². The van der Waals surface area contributed by atoms with Crippen LogP contribution in [0.4, 0.5) is 0 Å². The van der Waals surface area contributed by atoms with E-state index >= 15 is 0 Å². The van der Waals surface area contributed by atoms with Crippen molar-refractivity contribution in [3.05, 3.63) is 35.8 Å². The summed E-state index contributed by atoms with van der Waals surface area (Å²) in [5, 5.41) is 9.30. The lowest BCUT2D eigenvalue weighted by Crippen LogP contribution is -2.23. The lowest BCUT2D eigenvalue weighted by atomic mass is 10.3. The topological polar surface area (TPSA) is 97.4 Å². The van der Waals surface area contributed by atoms with Gasteiger partial charge in [0.25, 0.3) is 0 Å². The summed E-state index contributed by atoms with van der Waals surface area (Å²) in [5.74, 6) is 0.930. The minimum atomic E-state index is -3.68. The second kappa shape index (κ2) is 6.00. The Kier molecular flexibility index (Phi) is 4.50. The molecule has 2 heterocycles. The molecule has 8 heteroatoms. The third-order valence-corrected chi connectivity index (χ3v) is 4.39. The van der Waals surface area contributed by atoms with Crippen molar-refractivity contribution in [1.29, 1.82) is 0 Å². The molecule has 0 aliphatic heterocycles. The van der Waals surface area contributed by atoms with E-state index in [0.717, 1.165) is 0 Å². The van der Waals surface area contributed by atoms with Crippen molar-refractivity contribution < 1.29 is 17.9 Å². The van der Waals surface area contributed by atoms with Crippen LogP contribution in [0.1, 0.15) is 37.2 Å². The molecular formula is C13H19N3O4S. The summed E-state index contributed by atoms with van der Waals surface area (Å²) in [6.07, 6.45) is 3.04. The summed E-state index contributed by atoms with van der Waals surface area (Å²) in [5.41, 5.74) is 0.553. The minimum absolute atomic E-state index is 0.0164. The predicted molar refractivity (Wildman–Crippen MR) is 76.0 cm³/mol. The zero-order valence-electron chi connectivity index (χ0n) is 12.2. The maximum Gasteiger partial charge on any atom is 0.242 e. The maximum atomic E-state index is 12.2. The lowest BCUT2D eigenvalue weighted by Gasteiger charge is -2.10. The van der Waals surface area contributed by atoms with Gasteiger partial charge in [-0.25, -0.2) is 18.1 Å². The van der Waals surface area contributed by atoms with E-state index in [-0.39, 0.29) is 24.1 Å². The normalized spacial score (nSPS) is 12.2. The average molecular weight is 313 g/mol. The standard InChI is InChI=1S/C13H19N3O4S/c1-9(2)16-7-12(4-11(16)8-17)21(18,19)15-6-13-14-5-10(3)20-13/h4-5,7,9,15,17H,6,8H2,1-3H3. The van der Waals surface area contributed by atoms with Gasteiger partial charge < -0.3 is 14.1 Å². The van der Waals surface area contributed by atoms with Gasteiger partial charge in [0.2, 0.25) is 15.9 Å². The van der Waals surface area contributed by atoms with Gasteiger partial charge in [-0.05, 0) is 26.8 Å². The molecule has 7 nitrogen and oxygen atoms in total. The Labute approximate surface area is 123 Å². The highest BCUT2D eigenvalue weighted by atomic mass is 32.2. The van der Waals surface area contributed by atoms with Crippen molar-refractivity contribution in [3.63, 3.8) is 0 Å². The molecular weight excluding hydrogens is 294 g/mol. The first kappa shape index (κ1) is 15.7. The van der Waals surface area contributed by atoms with Gasteiger partial charge in [0.15, 0.2) is 0 Å². The first-order valence-electron chi connectivity index (χ1n) is 6.56. The molecule has 0 atom stereocenters. The lowest BCUT2D eigenvalue weighted by molar-refractivity contribution is 0.268. The Morgan fingerprint density at radius 1 is 1.48 bits per heavy atom. The third kappa shape index (κ3) is 3.52. The molecule has 0 saturated carbocycles. The van der Waals surface area contributed by atoms with Crippen molar-refractivity contribution in [3.8, 4) is 0 Å². The number of nitrogens with one attached hydrogen (secondary N) is 1. The van der Waals surface area contributed by atoms with Gasteiger partial charge >= 0.3 is 0 Å². The maximum absolute atomic E-state index is 12.2. The van der Waals surface area contributed by atoms with E-state index in [9.17, 15) is 13.5 Å². The largest absolute Gasteiger partial charge is 0.445 e. The Morgan fingerprint density at radius 2 is 2.19 bits per heavy atom. The second-order valence-corrected chi connectivity index (χ2v) is 6.78. The highest BCUT2D eigenvalue weighted by Gasteiger charge is 2.19. The first-order chi connectivity index (χ1) is 9.83. The van der Waals surface area contributed by atoms with Crippen LogP contribution in [0.2, 0.25) is 0 Å². The summed E-state index contributed by atoms with van der Waals surface area (Å²) in [6, 6.07) is 1.52. The number of rotatable bonds is 6. The highest BCUT2D eigenvalue weighted by molar-refractivity contribution is 7.89. The monoisotopic (exact) mass is 313 g/mol. The quantitative estimate of drug-likeness (QED) is 0.838. The molecule has 0 spiro atoms. The molecule has 0 unspecified atom stereocenters. The zero-order chi connectivity index (χ0) is 15.6. The van der Waals surface area contributed by atoms with Crippen molar-refractivity contribution in [2.24, 2.45) is 0 Å². The van der Waals surface area contributed by atoms with E-state index in [1.807, 2.05) is 13.8 Å². The highest BCUT2D eigenvalue weighted by Crippen LogP contribution is 2.19. The summed E-state index contributed by atoms with van der Waals surface area (Å²) in [6.45, 7) is 5.34. The van der Waals surface area contributed by atoms with E-state index in [4.69, 9.17) is 4.42 Å². The van der Waals surface area contributed by atoms with Crippen molar-refractivity contribution in [2.45, 2.75) is 44.9 Å². The number of hydrogen-bond acceptors (Lipinski definition) is 5. The van der Waals surface area contributed by atoms with E-state index in [1.165, 1.54) is 18.5 Å². The van der Waals surface area contributed by atoms with Crippen molar-refractivity contribution in [2.75, 3.05) is 0 Å². The van der Waals surface area contributed by atoms with Gasteiger partial charge in [-0.15, -0.1) is 0 Å². The van der Waals surface area contributed by atoms with E-state index in [0.29, 0.717) is 17.3 Å². The van der Waals surface area contributed by atoms with Gasteiger partial charge in [-0.1, -0.05) is 0 Å². The summed E-state index contributed by atoms with van der Waals surface area (Å²) < 4.78 is 33.9. The molecule has 0 saturated heterocycles. The SMILES string of the molecule is Cc1cnc(CNS(=O)(=O)c2cc(CO)n(C(C)C)c2)o1. The fraction of sp³-hybridized carbons (Fsp3) is 0.462. The van der Waals surface area contributed by atoms with E-state index in [2.05, 4.69) is 9.71 Å². The first-order valence-corrected chi connectivity index (χ1v) is 8.04. The Hall–Kier alpha value is -1.64. The molecule has 21 heavy (non-hydrogen) atoms. The Bertz CT molecular complexity index is 716. The van der Waals surface area contributed by atoms with Crippen LogP contribution in [-0.4, -0.2) is 23.1 Å². The average Bonchev–Trinajstić information content (AvgIpc) is 3.02. The molecule has 2 rings (SSSR count). The van der Waals surface area contributed by atoms with Crippen LogP contribution in [0.15, 0.2) is 27.8 Å². The molecule has 0 aliphatic rings. The van der Waals surface area contributed by atoms with Gasteiger partial charge in [0.1, 0.15) is 5.76 Å². The minimum Gasteiger partial charge on any atom is -0.445 e. The van der Waals surface area contributed by atoms with Crippen LogP contribution in [0.25, 0.3) is 0 Å². The van der Waals surface area contributed by atoms with E-state index in [1.54, 1.807) is 11.5 Å². The Morgan fingerprint density at radius 3 is 2.67 bits per heavy atom. The molecule has 0 amide bonds. The number of hydrogen-bond donors (Lipinski definition) is 2. The Balaban J connectivity index is 2.19. The van der Waals surface area contributed by atoms with Crippen LogP contribution < -0.4 is 4.72 Å². The molecule has 2 aromatic rings.